The maximum Gasteiger partial charge on any atom is 0.272 e. The number of aryl methyl sites for hydroxylation is 1. The Bertz CT molecular complexity index is 956. The summed E-state index contributed by atoms with van der Waals surface area (Å²) in [6, 6.07) is 11.6. The zero-order chi connectivity index (χ0) is 20.2. The van der Waals surface area contributed by atoms with Crippen molar-refractivity contribution < 1.29 is 4.79 Å². The summed E-state index contributed by atoms with van der Waals surface area (Å²) in [5, 5.41) is 13.3. The lowest BCUT2D eigenvalue weighted by Gasteiger charge is -2.33. The predicted molar refractivity (Wildman–Crippen MR) is 117 cm³/mol. The summed E-state index contributed by atoms with van der Waals surface area (Å²) >= 11 is 1.52. The van der Waals surface area contributed by atoms with Gasteiger partial charge in [-0.05, 0) is 42.8 Å². The molecule has 0 spiro atoms. The van der Waals surface area contributed by atoms with Crippen LogP contribution >= 0.6 is 11.3 Å². The molecule has 1 aliphatic rings. The lowest BCUT2D eigenvalue weighted by Crippen LogP contribution is -2.46. The highest BCUT2D eigenvalue weighted by molar-refractivity contribution is 7.17. The van der Waals surface area contributed by atoms with Crippen LogP contribution in [0.3, 0.4) is 0 Å². The summed E-state index contributed by atoms with van der Waals surface area (Å²) in [6.07, 6.45) is 2.83. The van der Waals surface area contributed by atoms with Crippen LogP contribution in [0.2, 0.25) is 0 Å². The van der Waals surface area contributed by atoms with E-state index in [2.05, 4.69) is 39.2 Å². The van der Waals surface area contributed by atoms with Crippen LogP contribution < -0.4 is 10.2 Å². The molecule has 1 saturated heterocycles. The van der Waals surface area contributed by atoms with Gasteiger partial charge in [0.05, 0.1) is 0 Å². The lowest BCUT2D eigenvalue weighted by molar-refractivity contribution is 0.102. The topological polar surface area (TPSA) is 66.3 Å². The zero-order valence-corrected chi connectivity index (χ0v) is 17.7. The van der Waals surface area contributed by atoms with Crippen molar-refractivity contribution in [2.45, 2.75) is 20.3 Å². The van der Waals surface area contributed by atoms with Gasteiger partial charge >= 0.3 is 0 Å². The minimum Gasteiger partial charge on any atom is -0.344 e. The van der Waals surface area contributed by atoms with Crippen molar-refractivity contribution in [3.05, 3.63) is 53.9 Å². The van der Waals surface area contributed by atoms with Gasteiger partial charge in [-0.2, -0.15) is 0 Å². The Balaban J connectivity index is 1.47. The van der Waals surface area contributed by atoms with Gasteiger partial charge < -0.3 is 15.1 Å². The van der Waals surface area contributed by atoms with Crippen LogP contribution in [-0.2, 0) is 6.42 Å². The summed E-state index contributed by atoms with van der Waals surface area (Å²) < 4.78 is 1.80. The highest BCUT2D eigenvalue weighted by Crippen LogP contribution is 2.25. The van der Waals surface area contributed by atoms with Gasteiger partial charge in [0.15, 0.2) is 0 Å². The van der Waals surface area contributed by atoms with E-state index in [1.54, 1.807) is 10.6 Å². The molecule has 7 nitrogen and oxygen atoms in total. The van der Waals surface area contributed by atoms with E-state index in [1.807, 2.05) is 36.5 Å². The van der Waals surface area contributed by atoms with E-state index in [0.717, 1.165) is 50.0 Å². The molecule has 1 N–H and O–H groups in total. The van der Waals surface area contributed by atoms with Crippen molar-refractivity contribution in [1.82, 2.24) is 19.7 Å². The minimum atomic E-state index is -0.160. The number of likely N-dealkylation sites (N-methyl/N-ethyl adjacent to an activating group) is 1. The molecule has 1 fully saturated rings. The Kier molecular flexibility index (Phi) is 5.92. The number of nitrogens with one attached hydrogen (secondary N) is 1. The molecule has 0 bridgehead atoms. The molecular formula is C21H26N6OS. The molecule has 3 aromatic rings. The van der Waals surface area contributed by atoms with Crippen LogP contribution in [-0.4, -0.2) is 58.3 Å². The second kappa shape index (κ2) is 8.75. The van der Waals surface area contributed by atoms with Gasteiger partial charge in [-0.15, -0.1) is 10.2 Å². The van der Waals surface area contributed by atoms with Gasteiger partial charge in [0.1, 0.15) is 5.69 Å². The summed E-state index contributed by atoms with van der Waals surface area (Å²) in [4.78, 5) is 17.5. The van der Waals surface area contributed by atoms with Gasteiger partial charge in [0.25, 0.3) is 5.91 Å². The number of hydrogen-bond acceptors (Lipinski definition) is 6. The lowest BCUT2D eigenvalue weighted by atomic mass is 10.1. The number of carbonyl (C=O) groups excluding carboxylic acids is 1. The number of piperazine rings is 1. The summed E-state index contributed by atoms with van der Waals surface area (Å²) in [7, 11) is 0. The quantitative estimate of drug-likeness (QED) is 0.676. The number of benzene rings is 1. The first-order valence-corrected chi connectivity index (χ1v) is 10.9. The van der Waals surface area contributed by atoms with E-state index in [0.29, 0.717) is 10.8 Å². The van der Waals surface area contributed by atoms with Crippen LogP contribution in [0.1, 0.15) is 29.9 Å². The Morgan fingerprint density at radius 3 is 2.45 bits per heavy atom. The molecule has 1 amide bonds. The Morgan fingerprint density at radius 2 is 1.76 bits per heavy atom. The van der Waals surface area contributed by atoms with Crippen LogP contribution in [0, 0.1) is 0 Å². The molecule has 1 aliphatic heterocycles. The SMILES string of the molecule is CCc1ccc(NC(=O)c2cccn2-c2nnc(N3CCN(CC)CC3)s2)cc1. The molecule has 4 rings (SSSR count). The third kappa shape index (κ3) is 4.33. The number of aromatic nitrogens is 3. The molecular weight excluding hydrogens is 384 g/mol. The van der Waals surface area contributed by atoms with Gasteiger partial charge in [-0.3, -0.25) is 9.36 Å². The average Bonchev–Trinajstić information content (AvgIpc) is 3.44. The van der Waals surface area contributed by atoms with E-state index in [9.17, 15) is 4.79 Å². The van der Waals surface area contributed by atoms with Gasteiger partial charge in [-0.25, -0.2) is 0 Å². The first-order chi connectivity index (χ1) is 14.2. The second-order valence-corrected chi connectivity index (χ2v) is 7.99. The number of carbonyl (C=O) groups is 1. The molecule has 0 atom stereocenters. The predicted octanol–water partition coefficient (Wildman–Crippen LogP) is 3.29. The van der Waals surface area contributed by atoms with Crippen molar-refractivity contribution >= 4 is 28.1 Å². The standard InChI is InChI=1S/C21H26N6OS/c1-3-16-7-9-17(10-8-16)22-19(28)18-6-5-11-27(18)21-24-23-20(29-21)26-14-12-25(4-2)13-15-26/h5-11H,3-4,12-15H2,1-2H3,(H,22,28). The van der Waals surface area contributed by atoms with Crippen molar-refractivity contribution in [3.8, 4) is 5.13 Å². The van der Waals surface area contributed by atoms with Crippen LogP contribution in [0.4, 0.5) is 10.8 Å². The van der Waals surface area contributed by atoms with Crippen LogP contribution in [0.15, 0.2) is 42.6 Å². The van der Waals surface area contributed by atoms with Crippen molar-refractivity contribution in [1.29, 1.82) is 0 Å². The number of anilines is 2. The number of nitrogens with zero attached hydrogens (tertiary/aromatic N) is 5. The Labute approximate surface area is 175 Å². The molecule has 152 valence electrons. The molecule has 0 aliphatic carbocycles. The van der Waals surface area contributed by atoms with E-state index < -0.39 is 0 Å². The molecule has 0 unspecified atom stereocenters. The molecule has 3 heterocycles. The smallest absolute Gasteiger partial charge is 0.272 e. The third-order valence-corrected chi connectivity index (χ3v) is 6.28. The summed E-state index contributed by atoms with van der Waals surface area (Å²) in [5.74, 6) is -0.160. The largest absolute Gasteiger partial charge is 0.344 e. The highest BCUT2D eigenvalue weighted by Gasteiger charge is 2.21. The van der Waals surface area contributed by atoms with Crippen LogP contribution in [0.25, 0.3) is 5.13 Å². The van der Waals surface area contributed by atoms with Crippen molar-refractivity contribution in [3.63, 3.8) is 0 Å². The van der Waals surface area contributed by atoms with Crippen LogP contribution in [0.5, 0.6) is 0 Å². The maximum absolute atomic E-state index is 12.8. The number of rotatable bonds is 6. The van der Waals surface area contributed by atoms with Gasteiger partial charge in [-0.1, -0.05) is 37.3 Å². The minimum absolute atomic E-state index is 0.160. The molecule has 8 heteroatoms. The Morgan fingerprint density at radius 1 is 1.03 bits per heavy atom. The molecule has 0 saturated carbocycles. The molecule has 0 radical (unpaired) electrons. The normalized spacial score (nSPS) is 14.9. The van der Waals surface area contributed by atoms with Crippen molar-refractivity contribution in [2.75, 3.05) is 42.9 Å². The van der Waals surface area contributed by atoms with E-state index >= 15 is 0 Å². The fraction of sp³-hybridized carbons (Fsp3) is 0.381. The first kappa shape index (κ1) is 19.6. The number of hydrogen-bond donors (Lipinski definition) is 1. The fourth-order valence-corrected chi connectivity index (χ4v) is 4.34. The van der Waals surface area contributed by atoms with E-state index in [4.69, 9.17) is 0 Å². The monoisotopic (exact) mass is 410 g/mol. The highest BCUT2D eigenvalue weighted by atomic mass is 32.1. The number of amides is 1. The van der Waals surface area contributed by atoms with E-state index in [1.165, 1.54) is 16.9 Å². The molecule has 29 heavy (non-hydrogen) atoms. The van der Waals surface area contributed by atoms with Gasteiger partial charge in [0.2, 0.25) is 10.3 Å². The average molecular weight is 411 g/mol. The first-order valence-electron chi connectivity index (χ1n) is 10.1. The van der Waals surface area contributed by atoms with Crippen molar-refractivity contribution in [2.24, 2.45) is 0 Å². The summed E-state index contributed by atoms with van der Waals surface area (Å²) in [5.41, 5.74) is 2.57. The second-order valence-electron chi connectivity index (χ2n) is 7.06. The fourth-order valence-electron chi connectivity index (χ4n) is 3.44. The van der Waals surface area contributed by atoms with E-state index in [-0.39, 0.29) is 5.91 Å². The maximum atomic E-state index is 12.8. The third-order valence-electron chi connectivity index (χ3n) is 5.30. The molecule has 2 aromatic heterocycles. The zero-order valence-electron chi connectivity index (χ0n) is 16.8. The summed E-state index contributed by atoms with van der Waals surface area (Å²) in [6.45, 7) is 9.37. The molecule has 1 aromatic carbocycles. The van der Waals surface area contributed by atoms with Gasteiger partial charge in [0, 0.05) is 38.1 Å². The Hall–Kier alpha value is -2.71.